The maximum Gasteiger partial charge on any atom is 0.330 e. The van der Waals surface area contributed by atoms with Gasteiger partial charge in [-0.2, -0.15) is 0 Å². The summed E-state index contributed by atoms with van der Waals surface area (Å²) < 4.78 is 4.49. The Morgan fingerprint density at radius 1 is 0.875 bits per heavy atom. The van der Waals surface area contributed by atoms with Gasteiger partial charge in [0.1, 0.15) is 0 Å². The van der Waals surface area contributed by atoms with E-state index in [9.17, 15) is 14.4 Å². The van der Waals surface area contributed by atoms with Crippen LogP contribution in [0.25, 0.3) is 6.08 Å². The zero-order valence-corrected chi connectivity index (χ0v) is 13.0. The van der Waals surface area contributed by atoms with Crippen LogP contribution in [0.15, 0.2) is 60.7 Å². The van der Waals surface area contributed by atoms with Crippen molar-refractivity contribution in [2.75, 3.05) is 7.11 Å². The van der Waals surface area contributed by atoms with E-state index in [4.69, 9.17) is 0 Å². The van der Waals surface area contributed by atoms with Gasteiger partial charge in [-0.1, -0.05) is 48.6 Å². The van der Waals surface area contributed by atoms with Crippen molar-refractivity contribution in [1.82, 2.24) is 0 Å². The summed E-state index contributed by atoms with van der Waals surface area (Å²) in [5.74, 6) is -0.732. The molecule has 1 aliphatic rings. The normalized spacial score (nSPS) is 13.2. The lowest BCUT2D eigenvalue weighted by Crippen LogP contribution is -2.20. The van der Waals surface area contributed by atoms with E-state index in [0.717, 1.165) is 5.56 Å². The fourth-order valence-corrected chi connectivity index (χ4v) is 2.59. The highest BCUT2D eigenvalue weighted by molar-refractivity contribution is 6.28. The van der Waals surface area contributed by atoms with E-state index in [-0.39, 0.29) is 11.6 Å². The number of methoxy groups -OCH3 is 1. The molecule has 0 unspecified atom stereocenters. The molecule has 4 heteroatoms. The first-order valence-electron chi connectivity index (χ1n) is 7.37. The Balaban J connectivity index is 1.93. The maximum absolute atomic E-state index is 12.6. The molecule has 0 saturated carbocycles. The van der Waals surface area contributed by atoms with E-state index >= 15 is 0 Å². The van der Waals surface area contributed by atoms with Crippen molar-refractivity contribution in [2.24, 2.45) is 0 Å². The number of hydrogen-bond donors (Lipinski definition) is 0. The third-order valence-electron chi connectivity index (χ3n) is 3.78. The smallest absolute Gasteiger partial charge is 0.330 e. The van der Waals surface area contributed by atoms with E-state index in [1.165, 1.54) is 13.2 Å². The number of benzene rings is 2. The monoisotopic (exact) mass is 318 g/mol. The highest BCUT2D eigenvalue weighted by atomic mass is 16.5. The lowest BCUT2D eigenvalue weighted by atomic mass is 9.83. The molecule has 0 atom stereocenters. The van der Waals surface area contributed by atoms with E-state index in [1.54, 1.807) is 60.7 Å². The van der Waals surface area contributed by atoms with Crippen molar-refractivity contribution in [2.45, 2.75) is 0 Å². The van der Waals surface area contributed by atoms with E-state index < -0.39 is 5.97 Å². The largest absolute Gasteiger partial charge is 0.466 e. The SMILES string of the molecule is COC(=O)/C=C/C=C/c1ccc2c(c1)C(=O)c1ccccc1C2=O. The molecule has 0 N–H and O–H groups in total. The van der Waals surface area contributed by atoms with Gasteiger partial charge in [-0.25, -0.2) is 4.79 Å². The molecule has 0 saturated heterocycles. The Labute approximate surface area is 139 Å². The topological polar surface area (TPSA) is 60.4 Å². The number of hydrogen-bond acceptors (Lipinski definition) is 4. The van der Waals surface area contributed by atoms with E-state index in [1.807, 2.05) is 0 Å². The molecule has 4 nitrogen and oxygen atoms in total. The minimum Gasteiger partial charge on any atom is -0.466 e. The molecule has 118 valence electrons. The van der Waals surface area contributed by atoms with Crippen LogP contribution in [0.3, 0.4) is 0 Å². The molecule has 0 aromatic heterocycles. The maximum atomic E-state index is 12.6. The van der Waals surface area contributed by atoms with Crippen LogP contribution in [-0.4, -0.2) is 24.6 Å². The zero-order valence-electron chi connectivity index (χ0n) is 13.0. The number of fused-ring (bicyclic) bond motifs is 2. The van der Waals surface area contributed by atoms with Crippen molar-refractivity contribution in [3.05, 3.63) is 88.5 Å². The molecule has 0 heterocycles. The molecule has 1 aliphatic carbocycles. The second-order valence-electron chi connectivity index (χ2n) is 5.25. The number of allylic oxidation sites excluding steroid dienone is 2. The molecular formula is C20H14O4. The van der Waals surface area contributed by atoms with Crippen molar-refractivity contribution in [3.63, 3.8) is 0 Å². The van der Waals surface area contributed by atoms with Gasteiger partial charge in [-0.05, 0) is 17.7 Å². The third-order valence-corrected chi connectivity index (χ3v) is 3.78. The first kappa shape index (κ1) is 15.6. The quantitative estimate of drug-likeness (QED) is 0.423. The molecular weight excluding hydrogens is 304 g/mol. The summed E-state index contributed by atoms with van der Waals surface area (Å²) in [6, 6.07) is 11.9. The molecule has 0 bridgehead atoms. The Morgan fingerprint density at radius 3 is 2.17 bits per heavy atom. The number of carbonyl (C=O) groups is 3. The van der Waals surface area contributed by atoms with Crippen LogP contribution in [0.4, 0.5) is 0 Å². The third kappa shape index (κ3) is 2.82. The number of esters is 1. The fraction of sp³-hybridized carbons (Fsp3) is 0.0500. The summed E-state index contributed by atoms with van der Waals surface area (Å²) in [5.41, 5.74) is 2.46. The lowest BCUT2D eigenvalue weighted by molar-refractivity contribution is -0.134. The van der Waals surface area contributed by atoms with Gasteiger partial charge in [0.05, 0.1) is 7.11 Å². The number of ether oxygens (including phenoxy) is 1. The molecule has 2 aromatic carbocycles. The van der Waals surface area contributed by atoms with Crippen molar-refractivity contribution in [1.29, 1.82) is 0 Å². The fourth-order valence-electron chi connectivity index (χ4n) is 2.59. The summed E-state index contributed by atoms with van der Waals surface area (Å²) >= 11 is 0. The average molecular weight is 318 g/mol. The summed E-state index contributed by atoms with van der Waals surface area (Å²) in [7, 11) is 1.31. The molecule has 24 heavy (non-hydrogen) atoms. The standard InChI is InChI=1S/C20H14O4/c1-24-18(21)9-5-2-6-13-10-11-16-17(12-13)20(23)15-8-4-3-7-14(15)19(16)22/h2-12H,1H3/b6-2+,9-5+. The van der Waals surface area contributed by atoms with Gasteiger partial charge in [0, 0.05) is 28.3 Å². The van der Waals surface area contributed by atoms with Gasteiger partial charge >= 0.3 is 5.97 Å². The first-order chi connectivity index (χ1) is 11.6. The van der Waals surface area contributed by atoms with Gasteiger partial charge in [0.2, 0.25) is 0 Å². The summed E-state index contributed by atoms with van der Waals surface area (Å²) in [5, 5.41) is 0. The van der Waals surface area contributed by atoms with Crippen LogP contribution in [0, 0.1) is 0 Å². The van der Waals surface area contributed by atoms with Crippen molar-refractivity contribution < 1.29 is 19.1 Å². The number of carbonyl (C=O) groups excluding carboxylic acids is 3. The Hall–Kier alpha value is -3.27. The molecule has 3 rings (SSSR count). The highest BCUT2D eigenvalue weighted by Crippen LogP contribution is 2.28. The Morgan fingerprint density at radius 2 is 1.50 bits per heavy atom. The molecule has 0 fully saturated rings. The molecule has 2 aromatic rings. The minimum atomic E-state index is -0.442. The summed E-state index contributed by atoms with van der Waals surface area (Å²) in [6.07, 6.45) is 6.26. The second-order valence-corrected chi connectivity index (χ2v) is 5.25. The minimum absolute atomic E-state index is 0.138. The van der Waals surface area contributed by atoms with Crippen molar-refractivity contribution >= 4 is 23.6 Å². The van der Waals surface area contributed by atoms with Crippen LogP contribution in [-0.2, 0) is 9.53 Å². The van der Waals surface area contributed by atoms with Gasteiger partial charge in [-0.3, -0.25) is 9.59 Å². The van der Waals surface area contributed by atoms with Gasteiger partial charge in [-0.15, -0.1) is 0 Å². The zero-order chi connectivity index (χ0) is 17.1. The number of ketones is 2. The van der Waals surface area contributed by atoms with E-state index in [0.29, 0.717) is 22.3 Å². The predicted octanol–water partition coefficient (Wildman–Crippen LogP) is 3.20. The van der Waals surface area contributed by atoms with Crippen LogP contribution < -0.4 is 0 Å². The van der Waals surface area contributed by atoms with Crippen LogP contribution in [0.5, 0.6) is 0 Å². The predicted molar refractivity (Wildman–Crippen MR) is 89.9 cm³/mol. The molecule has 0 amide bonds. The van der Waals surface area contributed by atoms with Gasteiger partial charge in [0.25, 0.3) is 0 Å². The summed E-state index contributed by atoms with van der Waals surface area (Å²) in [4.78, 5) is 36.1. The lowest BCUT2D eigenvalue weighted by Gasteiger charge is -2.17. The molecule has 0 aliphatic heterocycles. The van der Waals surface area contributed by atoms with Crippen LogP contribution in [0.1, 0.15) is 37.4 Å². The first-order valence-corrected chi connectivity index (χ1v) is 7.37. The average Bonchev–Trinajstić information content (AvgIpc) is 2.63. The second kappa shape index (κ2) is 6.46. The Kier molecular flexibility index (Phi) is 4.20. The van der Waals surface area contributed by atoms with Crippen molar-refractivity contribution in [3.8, 4) is 0 Å². The summed E-state index contributed by atoms with van der Waals surface area (Å²) in [6.45, 7) is 0. The van der Waals surface area contributed by atoms with Crippen LogP contribution in [0.2, 0.25) is 0 Å². The Bertz CT molecular complexity index is 904. The molecule has 0 radical (unpaired) electrons. The van der Waals surface area contributed by atoms with Crippen LogP contribution >= 0.6 is 0 Å². The molecule has 0 spiro atoms. The van der Waals surface area contributed by atoms with Gasteiger partial charge < -0.3 is 4.74 Å². The van der Waals surface area contributed by atoms with Gasteiger partial charge in [0.15, 0.2) is 11.6 Å². The number of rotatable bonds is 3. The van der Waals surface area contributed by atoms with E-state index in [2.05, 4.69) is 4.74 Å². The highest BCUT2D eigenvalue weighted by Gasteiger charge is 2.28.